The molecule has 2 heterocycles. The Kier molecular flexibility index (Phi) is 4.32. The summed E-state index contributed by atoms with van der Waals surface area (Å²) in [5.74, 6) is 0.857. The fourth-order valence-corrected chi connectivity index (χ4v) is 3.12. The Balaban J connectivity index is 1.73. The van der Waals surface area contributed by atoms with Crippen LogP contribution < -0.4 is 10.6 Å². The van der Waals surface area contributed by atoms with E-state index in [1.807, 2.05) is 11.3 Å². The molecule has 4 heteroatoms. The summed E-state index contributed by atoms with van der Waals surface area (Å²) in [4.78, 5) is 5.84. The first kappa shape index (κ1) is 12.0. The SMILES string of the molecule is Cc1nc(C)c(CNCC2CCNCC2)s1. The second-order valence-corrected chi connectivity index (χ2v) is 5.85. The van der Waals surface area contributed by atoms with E-state index in [0.29, 0.717) is 0 Å². The first-order valence-corrected chi connectivity index (χ1v) is 6.91. The third-order valence-corrected chi connectivity index (χ3v) is 4.25. The van der Waals surface area contributed by atoms with E-state index < -0.39 is 0 Å². The largest absolute Gasteiger partial charge is 0.317 e. The van der Waals surface area contributed by atoms with E-state index >= 15 is 0 Å². The predicted molar refractivity (Wildman–Crippen MR) is 68.9 cm³/mol. The van der Waals surface area contributed by atoms with E-state index in [-0.39, 0.29) is 0 Å². The van der Waals surface area contributed by atoms with Crippen LogP contribution in [-0.2, 0) is 6.54 Å². The van der Waals surface area contributed by atoms with Crippen LogP contribution in [0.2, 0.25) is 0 Å². The lowest BCUT2D eigenvalue weighted by Gasteiger charge is -2.22. The molecule has 1 aromatic heterocycles. The highest BCUT2D eigenvalue weighted by atomic mass is 32.1. The highest BCUT2D eigenvalue weighted by molar-refractivity contribution is 7.11. The normalized spacial score (nSPS) is 17.9. The molecular weight excluding hydrogens is 218 g/mol. The van der Waals surface area contributed by atoms with Crippen molar-refractivity contribution in [2.45, 2.75) is 33.2 Å². The number of nitrogens with one attached hydrogen (secondary N) is 2. The van der Waals surface area contributed by atoms with Crippen molar-refractivity contribution in [3.8, 4) is 0 Å². The summed E-state index contributed by atoms with van der Waals surface area (Å²) in [7, 11) is 0. The minimum atomic E-state index is 0.857. The number of nitrogens with zero attached hydrogens (tertiary/aromatic N) is 1. The number of aryl methyl sites for hydroxylation is 2. The maximum atomic E-state index is 4.45. The second-order valence-electron chi connectivity index (χ2n) is 4.57. The Morgan fingerprint density at radius 3 is 2.75 bits per heavy atom. The molecule has 0 atom stereocenters. The van der Waals surface area contributed by atoms with Crippen molar-refractivity contribution in [2.75, 3.05) is 19.6 Å². The summed E-state index contributed by atoms with van der Waals surface area (Å²) in [6.07, 6.45) is 2.63. The standard InChI is InChI=1S/C12H21N3S/c1-9-12(16-10(2)15-9)8-14-7-11-3-5-13-6-4-11/h11,13-14H,3-8H2,1-2H3. The lowest BCUT2D eigenvalue weighted by molar-refractivity contribution is 0.356. The van der Waals surface area contributed by atoms with Crippen LogP contribution in [0.5, 0.6) is 0 Å². The van der Waals surface area contributed by atoms with Crippen LogP contribution in [0.1, 0.15) is 28.4 Å². The van der Waals surface area contributed by atoms with Crippen LogP contribution >= 0.6 is 11.3 Å². The van der Waals surface area contributed by atoms with Gasteiger partial charge in [0.1, 0.15) is 0 Å². The van der Waals surface area contributed by atoms with Crippen molar-refractivity contribution in [3.63, 3.8) is 0 Å². The number of hydrogen-bond donors (Lipinski definition) is 2. The first-order valence-electron chi connectivity index (χ1n) is 6.10. The van der Waals surface area contributed by atoms with Crippen LogP contribution in [0.25, 0.3) is 0 Å². The van der Waals surface area contributed by atoms with Gasteiger partial charge in [-0.3, -0.25) is 0 Å². The molecule has 1 aliphatic rings. The summed E-state index contributed by atoms with van der Waals surface area (Å²) in [5.41, 5.74) is 1.19. The van der Waals surface area contributed by atoms with Gasteiger partial charge in [0.2, 0.25) is 0 Å². The molecule has 0 bridgehead atoms. The van der Waals surface area contributed by atoms with Gasteiger partial charge in [0, 0.05) is 11.4 Å². The van der Waals surface area contributed by atoms with Crippen molar-refractivity contribution >= 4 is 11.3 Å². The van der Waals surface area contributed by atoms with Crippen LogP contribution in [0, 0.1) is 19.8 Å². The van der Waals surface area contributed by atoms with Gasteiger partial charge in [-0.15, -0.1) is 11.3 Å². The third kappa shape index (κ3) is 3.27. The van der Waals surface area contributed by atoms with Gasteiger partial charge in [0.05, 0.1) is 10.7 Å². The minimum absolute atomic E-state index is 0.857. The zero-order valence-electron chi connectivity index (χ0n) is 10.2. The number of rotatable bonds is 4. The molecule has 0 saturated carbocycles. The van der Waals surface area contributed by atoms with Gasteiger partial charge in [0.15, 0.2) is 0 Å². The van der Waals surface area contributed by atoms with Crippen LogP contribution in [-0.4, -0.2) is 24.6 Å². The maximum absolute atomic E-state index is 4.45. The summed E-state index contributed by atoms with van der Waals surface area (Å²) in [5, 5.41) is 8.14. The average Bonchev–Trinajstić information content (AvgIpc) is 2.59. The van der Waals surface area contributed by atoms with Crippen LogP contribution in [0.4, 0.5) is 0 Å². The molecule has 1 aliphatic heterocycles. The molecule has 0 radical (unpaired) electrons. The van der Waals surface area contributed by atoms with E-state index in [4.69, 9.17) is 0 Å². The van der Waals surface area contributed by atoms with Crippen molar-refractivity contribution in [2.24, 2.45) is 5.92 Å². The topological polar surface area (TPSA) is 37.0 Å². The average molecular weight is 239 g/mol. The summed E-state index contributed by atoms with van der Waals surface area (Å²) < 4.78 is 0. The van der Waals surface area contributed by atoms with E-state index in [9.17, 15) is 0 Å². The molecule has 1 aromatic rings. The number of thiazole rings is 1. The maximum Gasteiger partial charge on any atom is 0.0900 e. The third-order valence-electron chi connectivity index (χ3n) is 3.18. The van der Waals surface area contributed by atoms with Gasteiger partial charge >= 0.3 is 0 Å². The Morgan fingerprint density at radius 1 is 1.38 bits per heavy atom. The van der Waals surface area contributed by atoms with Gasteiger partial charge in [-0.05, 0) is 52.2 Å². The smallest absolute Gasteiger partial charge is 0.0900 e. The molecule has 90 valence electrons. The van der Waals surface area contributed by atoms with Crippen molar-refractivity contribution in [3.05, 3.63) is 15.6 Å². The van der Waals surface area contributed by atoms with Gasteiger partial charge < -0.3 is 10.6 Å². The quantitative estimate of drug-likeness (QED) is 0.842. The Bertz CT molecular complexity index is 329. The summed E-state index contributed by atoms with van der Waals surface area (Å²) in [6, 6.07) is 0. The molecule has 0 spiro atoms. The molecule has 0 amide bonds. The number of piperidine rings is 1. The van der Waals surface area contributed by atoms with Crippen LogP contribution in [0.15, 0.2) is 0 Å². The Labute approximate surface area is 102 Å². The van der Waals surface area contributed by atoms with E-state index in [0.717, 1.165) is 19.0 Å². The van der Waals surface area contributed by atoms with Gasteiger partial charge in [-0.1, -0.05) is 0 Å². The molecule has 0 unspecified atom stereocenters. The van der Waals surface area contributed by atoms with Gasteiger partial charge in [-0.25, -0.2) is 4.98 Å². The highest BCUT2D eigenvalue weighted by Gasteiger charge is 2.12. The van der Waals surface area contributed by atoms with Crippen LogP contribution in [0.3, 0.4) is 0 Å². The predicted octanol–water partition coefficient (Wildman–Crippen LogP) is 1.85. The molecule has 1 saturated heterocycles. The number of hydrogen-bond acceptors (Lipinski definition) is 4. The zero-order valence-corrected chi connectivity index (χ0v) is 11.0. The first-order chi connectivity index (χ1) is 7.75. The minimum Gasteiger partial charge on any atom is -0.317 e. The molecule has 0 aliphatic carbocycles. The lowest BCUT2D eigenvalue weighted by atomic mass is 9.98. The van der Waals surface area contributed by atoms with Gasteiger partial charge in [-0.2, -0.15) is 0 Å². The van der Waals surface area contributed by atoms with E-state index in [1.54, 1.807) is 0 Å². The molecule has 2 N–H and O–H groups in total. The van der Waals surface area contributed by atoms with Crippen molar-refractivity contribution < 1.29 is 0 Å². The Hall–Kier alpha value is -0.450. The fraction of sp³-hybridized carbons (Fsp3) is 0.750. The zero-order chi connectivity index (χ0) is 11.4. The molecule has 2 rings (SSSR count). The molecule has 1 fully saturated rings. The fourth-order valence-electron chi connectivity index (χ4n) is 2.21. The monoisotopic (exact) mass is 239 g/mol. The second kappa shape index (κ2) is 5.75. The van der Waals surface area contributed by atoms with Crippen molar-refractivity contribution in [1.82, 2.24) is 15.6 Å². The molecule has 3 nitrogen and oxygen atoms in total. The van der Waals surface area contributed by atoms with Crippen molar-refractivity contribution in [1.29, 1.82) is 0 Å². The summed E-state index contributed by atoms with van der Waals surface area (Å²) >= 11 is 1.82. The Morgan fingerprint density at radius 2 is 2.12 bits per heavy atom. The molecule has 0 aromatic carbocycles. The van der Waals surface area contributed by atoms with E-state index in [1.165, 1.54) is 41.5 Å². The van der Waals surface area contributed by atoms with Gasteiger partial charge in [0.25, 0.3) is 0 Å². The lowest BCUT2D eigenvalue weighted by Crippen LogP contribution is -2.33. The summed E-state index contributed by atoms with van der Waals surface area (Å²) in [6.45, 7) is 8.69. The highest BCUT2D eigenvalue weighted by Crippen LogP contribution is 2.17. The number of aromatic nitrogens is 1. The molecule has 16 heavy (non-hydrogen) atoms. The van der Waals surface area contributed by atoms with E-state index in [2.05, 4.69) is 29.5 Å². The molecular formula is C12H21N3S.